The molecule has 0 aromatic heterocycles. The summed E-state index contributed by atoms with van der Waals surface area (Å²) in [5.41, 5.74) is 1.56. The van der Waals surface area contributed by atoms with Crippen molar-refractivity contribution in [2.45, 2.75) is 32.1 Å². The molecule has 1 aliphatic heterocycles. The minimum atomic E-state index is -3.26. The lowest BCUT2D eigenvalue weighted by Crippen LogP contribution is -2.36. The van der Waals surface area contributed by atoms with Crippen LogP contribution in [0, 0.1) is 17.0 Å². The quantitative estimate of drug-likeness (QED) is 0.630. The average Bonchev–Trinajstić information content (AvgIpc) is 2.90. The van der Waals surface area contributed by atoms with E-state index in [9.17, 15) is 18.5 Å². The Hall–Kier alpha value is -1.51. The number of nitro benzene ring substituents is 1. The predicted octanol–water partition coefficient (Wildman–Crippen LogP) is 1.42. The fraction of sp³-hybridized carbons (Fsp3) is 0.571. The molecule has 122 valence electrons. The van der Waals surface area contributed by atoms with Crippen molar-refractivity contribution in [1.82, 2.24) is 9.62 Å². The van der Waals surface area contributed by atoms with Crippen molar-refractivity contribution < 1.29 is 13.3 Å². The molecule has 1 unspecified atom stereocenters. The molecular formula is C14H21N3O4S. The third-order valence-electron chi connectivity index (χ3n) is 3.89. The summed E-state index contributed by atoms with van der Waals surface area (Å²) in [6.07, 6.45) is 0.587. The van der Waals surface area contributed by atoms with Crippen molar-refractivity contribution in [2.24, 2.45) is 0 Å². The number of likely N-dealkylation sites (tertiary alicyclic amines) is 1. The van der Waals surface area contributed by atoms with Crippen molar-refractivity contribution in [3.05, 3.63) is 39.4 Å². The molecule has 2 rings (SSSR count). The Kier molecular flexibility index (Phi) is 5.15. The smallest absolute Gasteiger partial charge is 0.272 e. The van der Waals surface area contributed by atoms with Gasteiger partial charge in [0.05, 0.1) is 10.2 Å². The molecule has 8 heteroatoms. The fourth-order valence-electron chi connectivity index (χ4n) is 2.72. The van der Waals surface area contributed by atoms with Gasteiger partial charge in [0.15, 0.2) is 0 Å². The Balaban J connectivity index is 2.04. The third kappa shape index (κ3) is 3.82. The van der Waals surface area contributed by atoms with Gasteiger partial charge in [-0.25, -0.2) is 13.1 Å². The second-order valence-electron chi connectivity index (χ2n) is 5.57. The Labute approximate surface area is 130 Å². The van der Waals surface area contributed by atoms with E-state index in [-0.39, 0.29) is 10.6 Å². The molecule has 1 atom stereocenters. The summed E-state index contributed by atoms with van der Waals surface area (Å²) in [5.74, 6) is 0. The zero-order valence-electron chi connectivity index (χ0n) is 12.8. The van der Waals surface area contributed by atoms with Crippen LogP contribution in [0.15, 0.2) is 18.2 Å². The van der Waals surface area contributed by atoms with E-state index in [1.807, 2.05) is 11.0 Å². The maximum atomic E-state index is 12.0. The summed E-state index contributed by atoms with van der Waals surface area (Å²) in [6, 6.07) is 5.16. The van der Waals surface area contributed by atoms with E-state index in [4.69, 9.17) is 0 Å². The molecule has 1 aromatic rings. The molecule has 22 heavy (non-hydrogen) atoms. The molecule has 0 bridgehead atoms. The molecule has 1 N–H and O–H groups in total. The molecule has 0 aliphatic carbocycles. The summed E-state index contributed by atoms with van der Waals surface area (Å²) in [6.45, 7) is 5.52. The number of nitrogens with zero attached hydrogens (tertiary/aromatic N) is 2. The molecule has 1 heterocycles. The van der Waals surface area contributed by atoms with Gasteiger partial charge >= 0.3 is 0 Å². The molecule has 0 saturated carbocycles. The molecule has 0 amide bonds. The van der Waals surface area contributed by atoms with Gasteiger partial charge in [0.2, 0.25) is 10.0 Å². The van der Waals surface area contributed by atoms with E-state index in [0.29, 0.717) is 38.2 Å². The van der Waals surface area contributed by atoms with Crippen LogP contribution in [0.5, 0.6) is 0 Å². The van der Waals surface area contributed by atoms with Gasteiger partial charge in [-0.15, -0.1) is 0 Å². The Morgan fingerprint density at radius 3 is 2.82 bits per heavy atom. The molecule has 7 nitrogen and oxygen atoms in total. The predicted molar refractivity (Wildman–Crippen MR) is 84.1 cm³/mol. The van der Waals surface area contributed by atoms with Gasteiger partial charge in [0.25, 0.3) is 5.69 Å². The van der Waals surface area contributed by atoms with Gasteiger partial charge < -0.3 is 0 Å². The van der Waals surface area contributed by atoms with Crippen LogP contribution in [-0.4, -0.2) is 43.1 Å². The van der Waals surface area contributed by atoms with Gasteiger partial charge in [-0.2, -0.15) is 0 Å². The van der Waals surface area contributed by atoms with Crippen LogP contribution in [0.3, 0.4) is 0 Å². The molecule has 1 aliphatic rings. The molecule has 1 fully saturated rings. The SMILES string of the molecule is CCNS(=O)(=O)C1CCN(Cc2ccc(C)c([N+](=O)[O-])c2)C1. The summed E-state index contributed by atoms with van der Waals surface area (Å²) in [7, 11) is -3.26. The normalized spacial score (nSPS) is 19.5. The van der Waals surface area contributed by atoms with Crippen LogP contribution in [0.4, 0.5) is 5.69 Å². The highest BCUT2D eigenvalue weighted by Crippen LogP contribution is 2.23. The summed E-state index contributed by atoms with van der Waals surface area (Å²) in [5, 5.41) is 10.6. The lowest BCUT2D eigenvalue weighted by Gasteiger charge is -2.16. The fourth-order valence-corrected chi connectivity index (χ4v) is 4.18. The second kappa shape index (κ2) is 6.72. The largest absolute Gasteiger partial charge is 0.298 e. The van der Waals surface area contributed by atoms with Crippen molar-refractivity contribution in [1.29, 1.82) is 0 Å². The monoisotopic (exact) mass is 327 g/mol. The minimum Gasteiger partial charge on any atom is -0.298 e. The van der Waals surface area contributed by atoms with E-state index in [2.05, 4.69) is 4.72 Å². The maximum absolute atomic E-state index is 12.0. The number of rotatable bonds is 6. The zero-order chi connectivity index (χ0) is 16.3. The molecular weight excluding hydrogens is 306 g/mol. The van der Waals surface area contributed by atoms with E-state index >= 15 is 0 Å². The van der Waals surface area contributed by atoms with Crippen LogP contribution in [-0.2, 0) is 16.6 Å². The first kappa shape index (κ1) is 16.9. The first-order valence-electron chi connectivity index (χ1n) is 7.28. The highest BCUT2D eigenvalue weighted by molar-refractivity contribution is 7.90. The van der Waals surface area contributed by atoms with Gasteiger partial charge in [-0.05, 0) is 25.5 Å². The lowest BCUT2D eigenvalue weighted by atomic mass is 10.1. The molecule has 0 spiro atoms. The molecule has 1 saturated heterocycles. The van der Waals surface area contributed by atoms with Crippen molar-refractivity contribution in [3.63, 3.8) is 0 Å². The second-order valence-corrected chi connectivity index (χ2v) is 7.61. The van der Waals surface area contributed by atoms with Crippen LogP contribution in [0.2, 0.25) is 0 Å². The number of nitro groups is 1. The molecule has 0 radical (unpaired) electrons. The summed E-state index contributed by atoms with van der Waals surface area (Å²) < 4.78 is 26.5. The maximum Gasteiger partial charge on any atom is 0.272 e. The zero-order valence-corrected chi connectivity index (χ0v) is 13.6. The Morgan fingerprint density at radius 2 is 2.18 bits per heavy atom. The average molecular weight is 327 g/mol. The number of hydrogen-bond acceptors (Lipinski definition) is 5. The number of benzene rings is 1. The van der Waals surface area contributed by atoms with Crippen molar-refractivity contribution in [3.8, 4) is 0 Å². The van der Waals surface area contributed by atoms with Crippen molar-refractivity contribution >= 4 is 15.7 Å². The summed E-state index contributed by atoms with van der Waals surface area (Å²) >= 11 is 0. The van der Waals surface area contributed by atoms with E-state index in [0.717, 1.165) is 5.56 Å². The topological polar surface area (TPSA) is 92.6 Å². The number of aryl methyl sites for hydroxylation is 1. The van der Waals surface area contributed by atoms with E-state index in [1.165, 1.54) is 0 Å². The van der Waals surface area contributed by atoms with Crippen LogP contribution in [0.25, 0.3) is 0 Å². The molecule has 1 aromatic carbocycles. The van der Waals surface area contributed by atoms with Crippen LogP contribution in [0.1, 0.15) is 24.5 Å². The summed E-state index contributed by atoms with van der Waals surface area (Å²) in [4.78, 5) is 12.6. The Bertz CT molecular complexity index is 660. The minimum absolute atomic E-state index is 0.105. The van der Waals surface area contributed by atoms with E-state index in [1.54, 1.807) is 26.0 Å². The highest BCUT2D eigenvalue weighted by Gasteiger charge is 2.32. The van der Waals surface area contributed by atoms with Gasteiger partial charge in [-0.1, -0.05) is 19.1 Å². The van der Waals surface area contributed by atoms with Crippen LogP contribution >= 0.6 is 0 Å². The van der Waals surface area contributed by atoms with Gasteiger partial charge in [0.1, 0.15) is 0 Å². The van der Waals surface area contributed by atoms with Crippen molar-refractivity contribution in [2.75, 3.05) is 19.6 Å². The number of nitrogens with one attached hydrogen (secondary N) is 1. The highest BCUT2D eigenvalue weighted by atomic mass is 32.2. The Morgan fingerprint density at radius 1 is 1.45 bits per heavy atom. The first-order valence-corrected chi connectivity index (χ1v) is 8.83. The van der Waals surface area contributed by atoms with Gasteiger partial charge in [0, 0.05) is 31.3 Å². The standard InChI is InChI=1S/C14H21N3O4S/c1-3-15-22(20,21)13-6-7-16(10-13)9-12-5-4-11(2)14(8-12)17(18)19/h4-5,8,13,15H,3,6-7,9-10H2,1-2H3. The van der Waals surface area contributed by atoms with E-state index < -0.39 is 15.3 Å². The number of sulfonamides is 1. The van der Waals surface area contributed by atoms with Gasteiger partial charge in [-0.3, -0.25) is 15.0 Å². The third-order valence-corrected chi connectivity index (χ3v) is 5.84. The lowest BCUT2D eigenvalue weighted by molar-refractivity contribution is -0.385. The first-order chi connectivity index (χ1) is 10.3. The van der Waals surface area contributed by atoms with Crippen LogP contribution < -0.4 is 4.72 Å². The number of hydrogen-bond donors (Lipinski definition) is 1.